The predicted octanol–water partition coefficient (Wildman–Crippen LogP) is 0.653. The van der Waals surface area contributed by atoms with Gasteiger partial charge in [-0.15, -0.1) is 0 Å². The van der Waals surface area contributed by atoms with Gasteiger partial charge in [-0.3, -0.25) is 5.41 Å². The van der Waals surface area contributed by atoms with Gasteiger partial charge in [0.1, 0.15) is 36.5 Å². The first-order chi connectivity index (χ1) is 20.0. The Morgan fingerprint density at radius 1 is 1.07 bits per heavy atom. The van der Waals surface area contributed by atoms with Crippen LogP contribution in [0.1, 0.15) is 16.8 Å². The van der Waals surface area contributed by atoms with Gasteiger partial charge in [0, 0.05) is 0 Å². The number of nitrogens with zero attached hydrogens (tertiary/aromatic N) is 6. The molecule has 0 radical (unpaired) electrons. The van der Waals surface area contributed by atoms with Gasteiger partial charge in [-0.05, 0) is 54.1 Å². The van der Waals surface area contributed by atoms with Crippen LogP contribution in [-0.2, 0) is 10.9 Å². The second kappa shape index (κ2) is 11.3. The Morgan fingerprint density at radius 2 is 1.76 bits per heavy atom. The van der Waals surface area contributed by atoms with Crippen LogP contribution in [0.2, 0.25) is 0 Å². The molecule has 2 aromatic heterocycles. The van der Waals surface area contributed by atoms with E-state index in [1.54, 1.807) is 0 Å². The molecule has 0 saturated carbocycles. The quantitative estimate of drug-likeness (QED) is 0.202. The Hall–Kier alpha value is -4.66. The van der Waals surface area contributed by atoms with Gasteiger partial charge in [0.05, 0.1) is 35.5 Å². The van der Waals surface area contributed by atoms with E-state index >= 15 is 0 Å². The first-order valence-corrected chi connectivity index (χ1v) is 12.3. The van der Waals surface area contributed by atoms with E-state index in [9.17, 15) is 33.6 Å². The van der Waals surface area contributed by atoms with Crippen molar-refractivity contribution in [1.82, 2.24) is 19.4 Å². The van der Waals surface area contributed by atoms with Gasteiger partial charge in [0.25, 0.3) is 0 Å². The molecule has 218 valence electrons. The van der Waals surface area contributed by atoms with E-state index in [0.29, 0.717) is 11.1 Å². The molecule has 2 aromatic carbocycles. The summed E-state index contributed by atoms with van der Waals surface area (Å²) in [4.78, 5) is 4.07. The third-order valence-electron chi connectivity index (χ3n) is 6.44. The van der Waals surface area contributed by atoms with Gasteiger partial charge in [0.15, 0.2) is 16.8 Å². The van der Waals surface area contributed by atoms with Crippen molar-refractivity contribution in [3.8, 4) is 17.5 Å². The van der Waals surface area contributed by atoms with Crippen LogP contribution in [0, 0.1) is 16.7 Å². The highest BCUT2D eigenvalue weighted by Gasteiger charge is 2.44. The maximum Gasteiger partial charge on any atom is 0.436 e. The zero-order valence-corrected chi connectivity index (χ0v) is 21.3. The summed E-state index contributed by atoms with van der Waals surface area (Å²) in [6.45, 7) is -0.614. The van der Waals surface area contributed by atoms with Gasteiger partial charge >= 0.3 is 6.18 Å². The smallest absolute Gasteiger partial charge is 0.436 e. The minimum Gasteiger partial charge on any atom is -0.462 e. The number of halogens is 3. The average Bonchev–Trinajstić information content (AvgIpc) is 3.39. The molecule has 1 aliphatic rings. The highest BCUT2D eigenvalue weighted by molar-refractivity contribution is 5.81. The molecule has 0 amide bonds. The zero-order chi connectivity index (χ0) is 30.2. The summed E-state index contributed by atoms with van der Waals surface area (Å²) in [6.07, 6.45) is -9.82. The number of ether oxygens (including phenoxy) is 2. The number of hydrogen-bond acceptors (Lipinski definition) is 11. The molecule has 4 aromatic rings. The highest BCUT2D eigenvalue weighted by Crippen LogP contribution is 2.33. The molecular weight excluding hydrogens is 563 g/mol. The largest absolute Gasteiger partial charge is 0.462 e. The maximum atomic E-state index is 13.9. The normalized spacial score (nSPS) is 22.9. The fraction of sp³-hybridized carbons (Fsp3) is 0.269. The number of hydrogen-bond donors (Lipinski definition) is 5. The van der Waals surface area contributed by atoms with Crippen LogP contribution in [-0.4, -0.2) is 83.4 Å². The predicted molar refractivity (Wildman–Crippen MR) is 136 cm³/mol. The van der Waals surface area contributed by atoms with Gasteiger partial charge in [-0.1, -0.05) is 0 Å². The minimum atomic E-state index is -4.90. The van der Waals surface area contributed by atoms with E-state index in [2.05, 4.69) is 15.2 Å². The average molecular weight is 585 g/mol. The van der Waals surface area contributed by atoms with E-state index in [1.165, 1.54) is 54.7 Å². The second-order valence-electron chi connectivity index (χ2n) is 9.18. The van der Waals surface area contributed by atoms with Gasteiger partial charge in [-0.25, -0.2) is 14.3 Å². The molecule has 5 unspecified atom stereocenters. The molecule has 0 bridgehead atoms. The minimum absolute atomic E-state index is 0.193. The lowest BCUT2D eigenvalue weighted by Crippen LogP contribution is -2.60. The molecule has 1 saturated heterocycles. The molecule has 0 spiro atoms. The van der Waals surface area contributed by atoms with E-state index in [1.807, 2.05) is 6.07 Å². The summed E-state index contributed by atoms with van der Waals surface area (Å²) in [5, 5.41) is 63.8. The summed E-state index contributed by atoms with van der Waals surface area (Å²) < 4.78 is 54.3. The molecule has 3 heterocycles. The topological polar surface area (TPSA) is 195 Å². The van der Waals surface area contributed by atoms with Gasteiger partial charge in [0.2, 0.25) is 6.29 Å². The molecule has 13 nitrogen and oxygen atoms in total. The number of aromatic nitrogens is 4. The Kier molecular flexibility index (Phi) is 7.77. The molecule has 5 N–H and O–H groups in total. The Balaban J connectivity index is 1.40. The maximum absolute atomic E-state index is 13.9. The first kappa shape index (κ1) is 28.9. The third kappa shape index (κ3) is 5.46. The van der Waals surface area contributed by atoms with Crippen molar-refractivity contribution in [2.75, 3.05) is 6.61 Å². The number of nitriles is 1. The SMILES string of the molecule is N#Cc1ccc(-n2nc(C(F)(F)F)c3c(=N)n(N=Cc4ccc(OC5OC(CO)C(O)C(O)C5O)cc4)cnc32)cc1. The Morgan fingerprint density at radius 3 is 2.38 bits per heavy atom. The number of nitrogens with one attached hydrogen (secondary N) is 1. The van der Waals surface area contributed by atoms with Crippen LogP contribution in [0.3, 0.4) is 0 Å². The summed E-state index contributed by atoms with van der Waals surface area (Å²) in [7, 11) is 0. The van der Waals surface area contributed by atoms with Crippen LogP contribution in [0.5, 0.6) is 5.75 Å². The second-order valence-corrected chi connectivity index (χ2v) is 9.18. The van der Waals surface area contributed by atoms with E-state index in [4.69, 9.17) is 20.1 Å². The molecule has 16 heteroatoms. The zero-order valence-electron chi connectivity index (χ0n) is 21.3. The molecule has 5 rings (SSSR count). The Bertz CT molecular complexity index is 1710. The van der Waals surface area contributed by atoms with Gasteiger partial charge in [-0.2, -0.15) is 28.6 Å². The van der Waals surface area contributed by atoms with Crippen LogP contribution in [0.4, 0.5) is 13.2 Å². The van der Waals surface area contributed by atoms with Crippen LogP contribution in [0.25, 0.3) is 16.7 Å². The van der Waals surface area contributed by atoms with Crippen molar-refractivity contribution in [1.29, 1.82) is 10.7 Å². The molecule has 1 aliphatic heterocycles. The van der Waals surface area contributed by atoms with E-state index in [-0.39, 0.29) is 17.1 Å². The summed E-state index contributed by atoms with van der Waals surface area (Å²) >= 11 is 0. The summed E-state index contributed by atoms with van der Waals surface area (Å²) in [5.74, 6) is 0.193. The summed E-state index contributed by atoms with van der Waals surface area (Å²) in [5.41, 5.74) is -1.19. The molecule has 42 heavy (non-hydrogen) atoms. The Labute approximate surface area is 234 Å². The standard InChI is InChI=1S/C26H22F3N7O6/c27-26(28,29)22-18-23(31)35(12-32-24(18)36(34-22)15-5-1-13(9-30)2-6-15)33-10-14-3-7-16(8-4-14)41-25-21(40)20(39)19(38)17(11-37)42-25/h1-8,10,12,17,19-21,25,31,37-40H,11H2. The first-order valence-electron chi connectivity index (χ1n) is 12.3. The lowest BCUT2D eigenvalue weighted by molar-refractivity contribution is -0.277. The highest BCUT2D eigenvalue weighted by atomic mass is 19.4. The van der Waals surface area contributed by atoms with Crippen molar-refractivity contribution in [2.24, 2.45) is 5.10 Å². The van der Waals surface area contributed by atoms with Crippen molar-refractivity contribution in [2.45, 2.75) is 36.9 Å². The van der Waals surface area contributed by atoms with Crippen LogP contribution in [0.15, 0.2) is 60.0 Å². The number of fused-ring (bicyclic) bond motifs is 1. The van der Waals surface area contributed by atoms with Crippen molar-refractivity contribution < 1.29 is 43.1 Å². The fourth-order valence-electron chi connectivity index (χ4n) is 4.23. The van der Waals surface area contributed by atoms with E-state index in [0.717, 1.165) is 15.7 Å². The van der Waals surface area contributed by atoms with Crippen molar-refractivity contribution in [3.05, 3.63) is 77.2 Å². The number of aliphatic hydroxyl groups excluding tert-OH is 4. The monoisotopic (exact) mass is 585 g/mol. The van der Waals surface area contributed by atoms with E-state index < -0.39 is 60.1 Å². The summed E-state index contributed by atoms with van der Waals surface area (Å²) in [6, 6.07) is 13.6. The fourth-order valence-corrected chi connectivity index (χ4v) is 4.23. The third-order valence-corrected chi connectivity index (χ3v) is 6.44. The number of alkyl halides is 3. The van der Waals surface area contributed by atoms with Crippen LogP contribution < -0.4 is 10.2 Å². The number of benzene rings is 2. The molecule has 5 atom stereocenters. The van der Waals surface area contributed by atoms with Gasteiger partial charge < -0.3 is 29.9 Å². The lowest BCUT2D eigenvalue weighted by Gasteiger charge is -2.39. The molecular formula is C26H22F3N7O6. The van der Waals surface area contributed by atoms with Crippen molar-refractivity contribution >= 4 is 17.2 Å². The number of rotatable bonds is 6. The molecule has 1 fully saturated rings. The van der Waals surface area contributed by atoms with Crippen molar-refractivity contribution in [3.63, 3.8) is 0 Å². The lowest BCUT2D eigenvalue weighted by atomic mass is 9.99. The number of aliphatic hydroxyl groups is 4. The van der Waals surface area contributed by atoms with Crippen LogP contribution >= 0.6 is 0 Å². The molecule has 0 aliphatic carbocycles.